The van der Waals surface area contributed by atoms with Crippen molar-refractivity contribution in [2.75, 3.05) is 12.8 Å². The number of nitrogens with one attached hydrogen (secondary N) is 1. The summed E-state index contributed by atoms with van der Waals surface area (Å²) in [5, 5.41) is 13.5. The Balaban J connectivity index is 2.84. The van der Waals surface area contributed by atoms with E-state index in [2.05, 4.69) is 5.32 Å². The highest BCUT2D eigenvalue weighted by atomic mass is 32.2. The average Bonchev–Trinajstić information content (AvgIpc) is 2.42. The molecule has 2 atom stereocenters. The maximum atomic E-state index is 14.0. The molecule has 0 aliphatic heterocycles. The van der Waals surface area contributed by atoms with Crippen molar-refractivity contribution in [2.24, 2.45) is 11.3 Å². The fourth-order valence-electron chi connectivity index (χ4n) is 2.63. The molecular formula is C17H28FNO3S. The summed E-state index contributed by atoms with van der Waals surface area (Å²) in [6, 6.07) is 4.01. The molecule has 0 bridgehead atoms. The van der Waals surface area contributed by atoms with Crippen molar-refractivity contribution in [3.63, 3.8) is 0 Å². The number of hydrogen-bond donors (Lipinski definition) is 2. The fraction of sp³-hybridized carbons (Fsp3) is 0.647. The lowest BCUT2D eigenvalue weighted by molar-refractivity contribution is 0.0123. The van der Waals surface area contributed by atoms with E-state index in [0.717, 1.165) is 6.26 Å². The molecule has 4 nitrogen and oxygen atoms in total. The van der Waals surface area contributed by atoms with Gasteiger partial charge in [0, 0.05) is 24.3 Å². The van der Waals surface area contributed by atoms with Crippen LogP contribution in [0, 0.1) is 17.2 Å². The van der Waals surface area contributed by atoms with Crippen LogP contribution in [0.25, 0.3) is 0 Å². The normalized spacial score (nSPS) is 15.7. The van der Waals surface area contributed by atoms with Gasteiger partial charge < -0.3 is 10.4 Å². The zero-order chi connectivity index (χ0) is 18.0. The zero-order valence-electron chi connectivity index (χ0n) is 14.7. The van der Waals surface area contributed by atoms with Crippen LogP contribution in [0.3, 0.4) is 0 Å². The van der Waals surface area contributed by atoms with E-state index in [0.29, 0.717) is 12.1 Å². The number of halogens is 1. The second-order valence-electron chi connectivity index (χ2n) is 7.24. The van der Waals surface area contributed by atoms with E-state index in [-0.39, 0.29) is 22.3 Å². The highest BCUT2D eigenvalue weighted by Gasteiger charge is 2.30. The first kappa shape index (κ1) is 20.1. The molecule has 0 saturated heterocycles. The molecule has 0 aliphatic carbocycles. The second-order valence-corrected chi connectivity index (χ2v) is 9.23. The van der Waals surface area contributed by atoms with Crippen LogP contribution in [-0.4, -0.2) is 32.4 Å². The molecule has 23 heavy (non-hydrogen) atoms. The van der Waals surface area contributed by atoms with Crippen LogP contribution in [0.4, 0.5) is 4.39 Å². The summed E-state index contributed by atoms with van der Waals surface area (Å²) in [5.74, 6) is -0.589. The van der Waals surface area contributed by atoms with Gasteiger partial charge in [-0.05, 0) is 30.5 Å². The Morgan fingerprint density at radius 3 is 2.26 bits per heavy atom. The summed E-state index contributed by atoms with van der Waals surface area (Å²) >= 11 is 0. The third-order valence-electron chi connectivity index (χ3n) is 4.15. The predicted octanol–water partition coefficient (Wildman–Crippen LogP) is 2.92. The third kappa shape index (κ3) is 5.26. The van der Waals surface area contributed by atoms with Crippen molar-refractivity contribution in [1.82, 2.24) is 5.32 Å². The van der Waals surface area contributed by atoms with E-state index < -0.39 is 21.8 Å². The molecule has 2 N–H and O–H groups in total. The third-order valence-corrected chi connectivity index (χ3v) is 5.28. The minimum atomic E-state index is -3.56. The standard InChI is InChI=1S/C17H28FNO3S/c1-11(2)16(20)17(4,5)10-19-12(3)13-7-8-15(14(18)9-13)23(6,21)22/h7-9,11-12,16,19-20H,10H2,1-6H3. The Morgan fingerprint density at radius 1 is 1.26 bits per heavy atom. The maximum absolute atomic E-state index is 14.0. The smallest absolute Gasteiger partial charge is 0.178 e. The molecule has 1 rings (SSSR count). The molecule has 0 heterocycles. The second kappa shape index (κ2) is 7.28. The first-order valence-corrected chi connectivity index (χ1v) is 9.66. The Bertz CT molecular complexity index is 641. The Labute approximate surface area is 139 Å². The number of aliphatic hydroxyl groups excluding tert-OH is 1. The first-order valence-electron chi connectivity index (χ1n) is 7.77. The van der Waals surface area contributed by atoms with E-state index in [4.69, 9.17) is 0 Å². The predicted molar refractivity (Wildman–Crippen MR) is 90.6 cm³/mol. The SMILES string of the molecule is CC(NCC(C)(C)C(O)C(C)C)c1ccc(S(C)(=O)=O)c(F)c1. The Morgan fingerprint density at radius 2 is 1.83 bits per heavy atom. The van der Waals surface area contributed by atoms with Gasteiger partial charge in [0.25, 0.3) is 0 Å². The summed E-state index contributed by atoms with van der Waals surface area (Å²) < 4.78 is 36.9. The molecule has 0 spiro atoms. The molecule has 132 valence electrons. The molecule has 2 unspecified atom stereocenters. The van der Waals surface area contributed by atoms with E-state index >= 15 is 0 Å². The van der Waals surface area contributed by atoms with Crippen LogP contribution < -0.4 is 5.32 Å². The lowest BCUT2D eigenvalue weighted by Crippen LogP contribution is -2.42. The van der Waals surface area contributed by atoms with Crippen LogP contribution in [0.15, 0.2) is 23.1 Å². The fourth-order valence-corrected chi connectivity index (χ4v) is 3.36. The summed E-state index contributed by atoms with van der Waals surface area (Å²) in [4.78, 5) is -0.288. The van der Waals surface area contributed by atoms with Crippen molar-refractivity contribution >= 4 is 9.84 Å². The van der Waals surface area contributed by atoms with Crippen molar-refractivity contribution in [3.8, 4) is 0 Å². The Kier molecular flexibility index (Phi) is 6.35. The van der Waals surface area contributed by atoms with Crippen LogP contribution >= 0.6 is 0 Å². The highest BCUT2D eigenvalue weighted by molar-refractivity contribution is 7.90. The molecular weight excluding hydrogens is 317 g/mol. The summed E-state index contributed by atoms with van der Waals surface area (Å²) in [7, 11) is -3.56. The lowest BCUT2D eigenvalue weighted by Gasteiger charge is -2.34. The van der Waals surface area contributed by atoms with Gasteiger partial charge in [-0.2, -0.15) is 0 Å². The van der Waals surface area contributed by atoms with Crippen molar-refractivity contribution in [1.29, 1.82) is 0 Å². The van der Waals surface area contributed by atoms with Gasteiger partial charge in [0.15, 0.2) is 9.84 Å². The quantitative estimate of drug-likeness (QED) is 0.797. The van der Waals surface area contributed by atoms with Crippen molar-refractivity contribution in [3.05, 3.63) is 29.6 Å². The van der Waals surface area contributed by atoms with Crippen LogP contribution in [0.1, 0.15) is 46.2 Å². The van der Waals surface area contributed by atoms with Crippen LogP contribution in [0.2, 0.25) is 0 Å². The van der Waals surface area contributed by atoms with E-state index in [1.54, 1.807) is 6.07 Å². The lowest BCUT2D eigenvalue weighted by atomic mass is 9.80. The van der Waals surface area contributed by atoms with Crippen molar-refractivity contribution < 1.29 is 17.9 Å². The van der Waals surface area contributed by atoms with Crippen LogP contribution in [0.5, 0.6) is 0 Å². The molecule has 1 aromatic carbocycles. The molecule has 0 fully saturated rings. The maximum Gasteiger partial charge on any atom is 0.178 e. The van der Waals surface area contributed by atoms with Gasteiger partial charge in [0.05, 0.1) is 6.10 Å². The summed E-state index contributed by atoms with van der Waals surface area (Å²) in [6.07, 6.45) is 0.536. The molecule has 0 aliphatic rings. The molecule has 0 radical (unpaired) electrons. The summed E-state index contributed by atoms with van der Waals surface area (Å²) in [6.45, 7) is 10.3. The Hall–Kier alpha value is -0.980. The molecule has 0 aromatic heterocycles. The molecule has 1 aromatic rings. The van der Waals surface area contributed by atoms with E-state index in [9.17, 15) is 17.9 Å². The minimum Gasteiger partial charge on any atom is -0.392 e. The summed E-state index contributed by atoms with van der Waals surface area (Å²) in [5.41, 5.74) is 0.345. The molecule has 6 heteroatoms. The van der Waals surface area contributed by atoms with Gasteiger partial charge in [0.2, 0.25) is 0 Å². The monoisotopic (exact) mass is 345 g/mol. The van der Waals surface area contributed by atoms with Gasteiger partial charge in [-0.3, -0.25) is 0 Å². The van der Waals surface area contributed by atoms with Crippen molar-refractivity contribution in [2.45, 2.75) is 51.7 Å². The number of sulfone groups is 1. The largest absolute Gasteiger partial charge is 0.392 e. The zero-order valence-corrected chi connectivity index (χ0v) is 15.5. The van der Waals surface area contributed by atoms with Gasteiger partial charge in [0.1, 0.15) is 10.7 Å². The van der Waals surface area contributed by atoms with Gasteiger partial charge in [-0.15, -0.1) is 0 Å². The van der Waals surface area contributed by atoms with Gasteiger partial charge in [-0.1, -0.05) is 33.8 Å². The van der Waals surface area contributed by atoms with Crippen LogP contribution in [-0.2, 0) is 9.84 Å². The number of aliphatic hydroxyl groups is 1. The first-order chi connectivity index (χ1) is 10.4. The number of benzene rings is 1. The minimum absolute atomic E-state index is 0.147. The average molecular weight is 345 g/mol. The highest BCUT2D eigenvalue weighted by Crippen LogP contribution is 2.27. The van der Waals surface area contributed by atoms with Gasteiger partial charge >= 0.3 is 0 Å². The molecule has 0 saturated carbocycles. The van der Waals surface area contributed by atoms with E-state index in [1.807, 2.05) is 34.6 Å². The topological polar surface area (TPSA) is 66.4 Å². The van der Waals surface area contributed by atoms with E-state index in [1.165, 1.54) is 12.1 Å². The molecule has 0 amide bonds. The number of hydrogen-bond acceptors (Lipinski definition) is 4. The van der Waals surface area contributed by atoms with Gasteiger partial charge in [-0.25, -0.2) is 12.8 Å². The number of rotatable bonds is 7.